The predicted molar refractivity (Wildman–Crippen MR) is 57.8 cm³/mol. The maximum atomic E-state index is 13.1. The van der Waals surface area contributed by atoms with Crippen LogP contribution in [0.2, 0.25) is 0 Å². The molecule has 0 bridgehead atoms. The van der Waals surface area contributed by atoms with Crippen LogP contribution in [-0.4, -0.2) is 12.2 Å². The van der Waals surface area contributed by atoms with E-state index in [1.165, 1.54) is 14.0 Å². The minimum Gasteiger partial charge on any atom is -0.496 e. The van der Waals surface area contributed by atoms with Gasteiger partial charge in [-0.1, -0.05) is 6.07 Å². The Hall–Kier alpha value is -1.09. The number of halogens is 1. The van der Waals surface area contributed by atoms with Crippen LogP contribution >= 0.6 is 0 Å². The van der Waals surface area contributed by atoms with E-state index in [9.17, 15) is 9.50 Å². The van der Waals surface area contributed by atoms with Gasteiger partial charge in [0.05, 0.1) is 12.7 Å². The van der Waals surface area contributed by atoms with Crippen molar-refractivity contribution in [3.05, 3.63) is 29.3 Å². The van der Waals surface area contributed by atoms with Gasteiger partial charge in [0.15, 0.2) is 0 Å². The second kappa shape index (κ2) is 4.19. The summed E-state index contributed by atoms with van der Waals surface area (Å²) >= 11 is 0. The molecule has 1 aromatic carbocycles. The molecule has 0 fully saturated rings. The van der Waals surface area contributed by atoms with E-state index >= 15 is 0 Å². The number of methoxy groups -OCH3 is 1. The summed E-state index contributed by atoms with van der Waals surface area (Å²) in [4.78, 5) is 0. The summed E-state index contributed by atoms with van der Waals surface area (Å²) in [6.45, 7) is 4.77. The molecule has 0 amide bonds. The number of alkyl halides is 1. The van der Waals surface area contributed by atoms with Gasteiger partial charge >= 0.3 is 0 Å². The maximum absolute atomic E-state index is 13.1. The van der Waals surface area contributed by atoms with Crippen molar-refractivity contribution in [1.82, 2.24) is 0 Å². The third-order valence-electron chi connectivity index (χ3n) is 2.34. The number of aliphatic hydroxyl groups is 1. The number of hydrogen-bond acceptors (Lipinski definition) is 2. The molecule has 0 radical (unpaired) electrons. The molecule has 1 N–H and O–H groups in total. The van der Waals surface area contributed by atoms with E-state index in [4.69, 9.17) is 4.74 Å². The second-order valence-corrected chi connectivity index (χ2v) is 4.13. The summed E-state index contributed by atoms with van der Waals surface area (Å²) in [5.74, 6) is 0.576. The Morgan fingerprint density at radius 2 is 2.00 bits per heavy atom. The van der Waals surface area contributed by atoms with Gasteiger partial charge in [-0.2, -0.15) is 0 Å². The molecule has 0 spiro atoms. The Balaban J connectivity index is 3.26. The molecule has 1 atom stereocenters. The third kappa shape index (κ3) is 2.69. The minimum atomic E-state index is -1.04. The zero-order valence-corrected chi connectivity index (χ0v) is 9.54. The summed E-state index contributed by atoms with van der Waals surface area (Å²) in [6, 6.07) is 4.99. The van der Waals surface area contributed by atoms with Crippen LogP contribution in [0.1, 0.15) is 38.1 Å². The average Bonchev–Trinajstić information content (AvgIpc) is 2.15. The molecule has 1 aromatic rings. The smallest absolute Gasteiger partial charge is 0.124 e. The van der Waals surface area contributed by atoms with Gasteiger partial charge in [-0.3, -0.25) is 0 Å². The molecule has 0 aliphatic carbocycles. The molecule has 84 valence electrons. The molecule has 0 aliphatic heterocycles. The van der Waals surface area contributed by atoms with E-state index in [0.717, 1.165) is 0 Å². The van der Waals surface area contributed by atoms with Crippen LogP contribution in [0.5, 0.6) is 5.75 Å². The molecule has 0 saturated carbocycles. The lowest BCUT2D eigenvalue weighted by Crippen LogP contribution is -2.17. The summed E-state index contributed by atoms with van der Waals surface area (Å²) < 4.78 is 18.2. The van der Waals surface area contributed by atoms with E-state index in [1.807, 2.05) is 0 Å². The van der Waals surface area contributed by atoms with Gasteiger partial charge < -0.3 is 9.84 Å². The Morgan fingerprint density at radius 1 is 1.40 bits per heavy atom. The van der Waals surface area contributed by atoms with Crippen molar-refractivity contribution in [1.29, 1.82) is 0 Å². The van der Waals surface area contributed by atoms with Crippen molar-refractivity contribution < 1.29 is 14.2 Å². The lowest BCUT2D eigenvalue weighted by atomic mass is 9.94. The van der Waals surface area contributed by atoms with E-state index in [2.05, 4.69) is 0 Å². The van der Waals surface area contributed by atoms with Crippen LogP contribution in [0.3, 0.4) is 0 Å². The van der Waals surface area contributed by atoms with Gasteiger partial charge in [0.25, 0.3) is 0 Å². The first kappa shape index (κ1) is 12.0. The van der Waals surface area contributed by atoms with Crippen molar-refractivity contribution in [3.63, 3.8) is 0 Å². The Labute approximate surface area is 89.7 Å². The van der Waals surface area contributed by atoms with Crippen LogP contribution in [0, 0.1) is 0 Å². The molecule has 0 aromatic heterocycles. The highest BCUT2D eigenvalue weighted by atomic mass is 19.1. The first-order valence-electron chi connectivity index (χ1n) is 4.91. The maximum Gasteiger partial charge on any atom is 0.124 e. The fourth-order valence-corrected chi connectivity index (χ4v) is 1.45. The molecular weight excluding hydrogens is 195 g/mol. The molecule has 1 unspecified atom stereocenters. The van der Waals surface area contributed by atoms with Crippen LogP contribution in [-0.2, 0) is 5.60 Å². The fraction of sp³-hybridized carbons (Fsp3) is 0.500. The van der Waals surface area contributed by atoms with E-state index in [0.29, 0.717) is 16.9 Å². The molecule has 2 nitrogen and oxygen atoms in total. The van der Waals surface area contributed by atoms with Gasteiger partial charge in [-0.25, -0.2) is 4.39 Å². The third-order valence-corrected chi connectivity index (χ3v) is 2.34. The number of benzene rings is 1. The zero-order chi connectivity index (χ0) is 11.6. The van der Waals surface area contributed by atoms with Gasteiger partial charge in [0.1, 0.15) is 11.9 Å². The first-order valence-corrected chi connectivity index (χ1v) is 4.91. The normalized spacial score (nSPS) is 13.7. The van der Waals surface area contributed by atoms with Crippen LogP contribution in [0.15, 0.2) is 18.2 Å². The summed E-state index contributed by atoms with van der Waals surface area (Å²) in [7, 11) is 1.53. The van der Waals surface area contributed by atoms with Crippen molar-refractivity contribution >= 4 is 0 Å². The molecule has 0 aliphatic rings. The van der Waals surface area contributed by atoms with E-state index in [-0.39, 0.29) is 0 Å². The van der Waals surface area contributed by atoms with Gasteiger partial charge in [-0.05, 0) is 38.5 Å². The number of ether oxygens (including phenoxy) is 1. The minimum absolute atomic E-state index is 0.549. The molecule has 3 heteroatoms. The highest BCUT2D eigenvalue weighted by Gasteiger charge is 2.22. The van der Waals surface area contributed by atoms with Crippen molar-refractivity contribution in [3.8, 4) is 5.75 Å². The highest BCUT2D eigenvalue weighted by Crippen LogP contribution is 2.32. The highest BCUT2D eigenvalue weighted by molar-refractivity contribution is 5.41. The second-order valence-electron chi connectivity index (χ2n) is 4.13. The first-order chi connectivity index (χ1) is 6.86. The molecule has 15 heavy (non-hydrogen) atoms. The lowest BCUT2D eigenvalue weighted by Gasteiger charge is -2.22. The molecule has 0 saturated heterocycles. The Bertz CT molecular complexity index is 340. The predicted octanol–water partition coefficient (Wildman–Crippen LogP) is 2.95. The van der Waals surface area contributed by atoms with Gasteiger partial charge in [0, 0.05) is 5.56 Å². The zero-order valence-electron chi connectivity index (χ0n) is 9.54. The topological polar surface area (TPSA) is 29.5 Å². The molecule has 0 heterocycles. The Kier molecular flexibility index (Phi) is 3.35. The SMILES string of the molecule is COc1ccc(C(C)F)cc1C(C)(C)O. The van der Waals surface area contributed by atoms with Crippen molar-refractivity contribution in [2.75, 3.05) is 7.11 Å². The monoisotopic (exact) mass is 212 g/mol. The number of rotatable bonds is 3. The summed E-state index contributed by atoms with van der Waals surface area (Å²) in [5, 5.41) is 9.90. The van der Waals surface area contributed by atoms with Gasteiger partial charge in [0.2, 0.25) is 0 Å². The largest absolute Gasteiger partial charge is 0.496 e. The average molecular weight is 212 g/mol. The van der Waals surface area contributed by atoms with Crippen molar-refractivity contribution in [2.45, 2.75) is 32.5 Å². The van der Waals surface area contributed by atoms with E-state index < -0.39 is 11.8 Å². The number of hydrogen-bond donors (Lipinski definition) is 1. The quantitative estimate of drug-likeness (QED) is 0.834. The molecule has 1 rings (SSSR count). The lowest BCUT2D eigenvalue weighted by molar-refractivity contribution is 0.0754. The Morgan fingerprint density at radius 3 is 2.40 bits per heavy atom. The van der Waals surface area contributed by atoms with Crippen molar-refractivity contribution in [2.24, 2.45) is 0 Å². The summed E-state index contributed by atoms with van der Waals surface area (Å²) in [5.41, 5.74) is 0.121. The van der Waals surface area contributed by atoms with E-state index in [1.54, 1.807) is 32.0 Å². The van der Waals surface area contributed by atoms with Gasteiger partial charge in [-0.15, -0.1) is 0 Å². The fourth-order valence-electron chi connectivity index (χ4n) is 1.45. The standard InChI is InChI=1S/C12H17FO2/c1-8(13)9-5-6-11(15-4)10(7-9)12(2,3)14/h5-8,14H,1-4H3. The summed E-state index contributed by atoms with van der Waals surface area (Å²) in [6.07, 6.45) is -1.04. The van der Waals surface area contributed by atoms with Crippen LogP contribution in [0.4, 0.5) is 4.39 Å². The molecular formula is C12H17FO2. The van der Waals surface area contributed by atoms with Crippen LogP contribution in [0.25, 0.3) is 0 Å². The van der Waals surface area contributed by atoms with Crippen LogP contribution < -0.4 is 4.74 Å².